The minimum atomic E-state index is 0.0933. The second kappa shape index (κ2) is 7.77. The summed E-state index contributed by atoms with van der Waals surface area (Å²) in [5.41, 5.74) is 1.99. The van der Waals surface area contributed by atoms with Crippen molar-refractivity contribution in [3.8, 4) is 5.88 Å². The second-order valence-corrected chi connectivity index (χ2v) is 6.06. The number of pyridine rings is 1. The summed E-state index contributed by atoms with van der Waals surface area (Å²) in [5, 5.41) is 3.85. The van der Waals surface area contributed by atoms with E-state index in [1.54, 1.807) is 6.20 Å². The lowest BCUT2D eigenvalue weighted by molar-refractivity contribution is 0.138. The number of nitrogens with zero attached hydrogens (tertiary/aromatic N) is 3. The maximum absolute atomic E-state index is 6.20. The van der Waals surface area contributed by atoms with E-state index in [9.17, 15) is 0 Å². The zero-order chi connectivity index (χ0) is 16.9. The maximum Gasteiger partial charge on any atom is 0.213 e. The van der Waals surface area contributed by atoms with Gasteiger partial charge in [-0.2, -0.15) is 0 Å². The Morgan fingerprint density at radius 3 is 3.04 bits per heavy atom. The third kappa shape index (κ3) is 4.13. The number of rotatable bonds is 6. The third-order valence-electron chi connectivity index (χ3n) is 3.86. The van der Waals surface area contributed by atoms with E-state index in [0.717, 1.165) is 36.4 Å². The molecule has 0 amide bonds. The summed E-state index contributed by atoms with van der Waals surface area (Å²) in [6, 6.07) is 3.89. The SMILES string of the molecule is CCc1c(Cl)nc(C)nc1NCc1ccnc(OC2CCOC2)c1. The Labute approximate surface area is 146 Å². The molecule has 0 saturated carbocycles. The maximum atomic E-state index is 6.20. The lowest BCUT2D eigenvalue weighted by Crippen LogP contribution is -2.16. The molecular weight excluding hydrogens is 328 g/mol. The van der Waals surface area contributed by atoms with Crippen LogP contribution in [0, 0.1) is 6.92 Å². The number of halogens is 1. The van der Waals surface area contributed by atoms with E-state index in [2.05, 4.69) is 20.3 Å². The molecular formula is C17H21ClN4O2. The van der Waals surface area contributed by atoms with E-state index in [0.29, 0.717) is 30.0 Å². The fraction of sp³-hybridized carbons (Fsp3) is 0.471. The molecule has 0 aliphatic carbocycles. The van der Waals surface area contributed by atoms with Crippen LogP contribution in [0.15, 0.2) is 18.3 Å². The Kier molecular flexibility index (Phi) is 5.48. The van der Waals surface area contributed by atoms with Crippen molar-refractivity contribution in [1.29, 1.82) is 0 Å². The van der Waals surface area contributed by atoms with Crippen molar-refractivity contribution in [2.75, 3.05) is 18.5 Å². The fourth-order valence-electron chi connectivity index (χ4n) is 2.61. The lowest BCUT2D eigenvalue weighted by Gasteiger charge is -2.13. The summed E-state index contributed by atoms with van der Waals surface area (Å²) >= 11 is 6.20. The Morgan fingerprint density at radius 2 is 2.29 bits per heavy atom. The third-order valence-corrected chi connectivity index (χ3v) is 4.17. The molecule has 1 N–H and O–H groups in total. The van der Waals surface area contributed by atoms with Gasteiger partial charge in [-0.1, -0.05) is 18.5 Å². The van der Waals surface area contributed by atoms with Gasteiger partial charge in [0, 0.05) is 30.8 Å². The molecule has 0 spiro atoms. The van der Waals surface area contributed by atoms with Gasteiger partial charge in [-0.15, -0.1) is 0 Å². The topological polar surface area (TPSA) is 69.2 Å². The van der Waals surface area contributed by atoms with Crippen LogP contribution in [0.5, 0.6) is 5.88 Å². The zero-order valence-electron chi connectivity index (χ0n) is 13.9. The van der Waals surface area contributed by atoms with E-state index >= 15 is 0 Å². The van der Waals surface area contributed by atoms with Crippen molar-refractivity contribution in [2.45, 2.75) is 39.3 Å². The van der Waals surface area contributed by atoms with E-state index in [1.807, 2.05) is 26.0 Å². The summed E-state index contributed by atoms with van der Waals surface area (Å²) < 4.78 is 11.2. The fourth-order valence-corrected chi connectivity index (χ4v) is 2.95. The van der Waals surface area contributed by atoms with E-state index in [4.69, 9.17) is 21.1 Å². The molecule has 0 aromatic carbocycles. The zero-order valence-corrected chi connectivity index (χ0v) is 14.6. The Morgan fingerprint density at radius 1 is 1.42 bits per heavy atom. The molecule has 1 unspecified atom stereocenters. The molecule has 24 heavy (non-hydrogen) atoms. The predicted molar refractivity (Wildman–Crippen MR) is 92.6 cm³/mol. The van der Waals surface area contributed by atoms with Crippen LogP contribution in [0.2, 0.25) is 5.15 Å². The van der Waals surface area contributed by atoms with Crippen molar-refractivity contribution in [2.24, 2.45) is 0 Å². The molecule has 0 bridgehead atoms. The number of hydrogen-bond donors (Lipinski definition) is 1. The lowest BCUT2D eigenvalue weighted by atomic mass is 10.2. The molecule has 7 heteroatoms. The van der Waals surface area contributed by atoms with Crippen LogP contribution >= 0.6 is 11.6 Å². The highest BCUT2D eigenvalue weighted by Crippen LogP contribution is 2.23. The van der Waals surface area contributed by atoms with Crippen molar-refractivity contribution in [3.63, 3.8) is 0 Å². The van der Waals surface area contributed by atoms with Crippen LogP contribution in [0.3, 0.4) is 0 Å². The van der Waals surface area contributed by atoms with Crippen LogP contribution in [0.4, 0.5) is 5.82 Å². The number of hydrogen-bond acceptors (Lipinski definition) is 6. The Hall–Kier alpha value is -1.92. The predicted octanol–water partition coefficient (Wildman–Crippen LogP) is 3.18. The molecule has 3 heterocycles. The first-order valence-corrected chi connectivity index (χ1v) is 8.49. The smallest absolute Gasteiger partial charge is 0.213 e. The first-order valence-electron chi connectivity index (χ1n) is 8.12. The molecule has 1 aliphatic heterocycles. The van der Waals surface area contributed by atoms with E-state index in [1.165, 1.54) is 0 Å². The summed E-state index contributed by atoms with van der Waals surface area (Å²) in [6.07, 6.45) is 3.52. The van der Waals surface area contributed by atoms with Crippen molar-refractivity contribution in [3.05, 3.63) is 40.4 Å². The molecule has 1 fully saturated rings. The van der Waals surface area contributed by atoms with Crippen LogP contribution in [-0.4, -0.2) is 34.3 Å². The first kappa shape index (κ1) is 16.9. The quantitative estimate of drug-likeness (QED) is 0.808. The van der Waals surface area contributed by atoms with Gasteiger partial charge in [0.15, 0.2) is 0 Å². The van der Waals surface area contributed by atoms with Crippen molar-refractivity contribution >= 4 is 17.4 Å². The highest BCUT2D eigenvalue weighted by Gasteiger charge is 2.17. The number of ether oxygens (including phenoxy) is 2. The van der Waals surface area contributed by atoms with Gasteiger partial charge in [0.05, 0.1) is 13.2 Å². The number of aryl methyl sites for hydroxylation is 1. The summed E-state index contributed by atoms with van der Waals surface area (Å²) in [4.78, 5) is 12.9. The van der Waals surface area contributed by atoms with Crippen LogP contribution in [0.1, 0.15) is 30.3 Å². The molecule has 2 aromatic rings. The molecule has 128 valence electrons. The van der Waals surface area contributed by atoms with Crippen LogP contribution < -0.4 is 10.1 Å². The summed E-state index contributed by atoms with van der Waals surface area (Å²) in [7, 11) is 0. The number of aromatic nitrogens is 3. The summed E-state index contributed by atoms with van der Waals surface area (Å²) in [5.74, 6) is 2.05. The van der Waals surface area contributed by atoms with Crippen molar-refractivity contribution in [1.82, 2.24) is 15.0 Å². The number of anilines is 1. The molecule has 2 aromatic heterocycles. The Bertz CT molecular complexity index is 705. The van der Waals surface area contributed by atoms with E-state index < -0.39 is 0 Å². The second-order valence-electron chi connectivity index (χ2n) is 5.70. The average Bonchev–Trinajstić information content (AvgIpc) is 3.06. The van der Waals surface area contributed by atoms with Gasteiger partial charge < -0.3 is 14.8 Å². The van der Waals surface area contributed by atoms with Gasteiger partial charge in [0.1, 0.15) is 22.9 Å². The number of nitrogens with one attached hydrogen (secondary N) is 1. The molecule has 1 aliphatic rings. The highest BCUT2D eigenvalue weighted by molar-refractivity contribution is 6.30. The standard InChI is InChI=1S/C17H21ClN4O2/c1-3-14-16(18)21-11(2)22-17(14)20-9-12-4-6-19-15(8-12)24-13-5-7-23-10-13/h4,6,8,13H,3,5,7,9-10H2,1-2H3,(H,20,21,22). The molecule has 3 rings (SSSR count). The highest BCUT2D eigenvalue weighted by atomic mass is 35.5. The van der Waals surface area contributed by atoms with Crippen LogP contribution in [0.25, 0.3) is 0 Å². The van der Waals surface area contributed by atoms with Gasteiger partial charge in [-0.3, -0.25) is 0 Å². The van der Waals surface area contributed by atoms with Gasteiger partial charge in [-0.05, 0) is 25.0 Å². The average molecular weight is 349 g/mol. The summed E-state index contributed by atoms with van der Waals surface area (Å²) in [6.45, 7) is 5.85. The van der Waals surface area contributed by atoms with Crippen molar-refractivity contribution < 1.29 is 9.47 Å². The monoisotopic (exact) mass is 348 g/mol. The van der Waals surface area contributed by atoms with E-state index in [-0.39, 0.29) is 6.10 Å². The minimum absolute atomic E-state index is 0.0933. The van der Waals surface area contributed by atoms with Gasteiger partial charge in [-0.25, -0.2) is 15.0 Å². The molecule has 0 radical (unpaired) electrons. The molecule has 6 nitrogen and oxygen atoms in total. The van der Waals surface area contributed by atoms with Gasteiger partial charge in [0.25, 0.3) is 0 Å². The Balaban J connectivity index is 1.68. The normalized spacial score (nSPS) is 17.0. The molecule has 1 saturated heterocycles. The molecule has 1 atom stereocenters. The first-order chi connectivity index (χ1) is 11.7. The van der Waals surface area contributed by atoms with Crippen LogP contribution in [-0.2, 0) is 17.7 Å². The minimum Gasteiger partial charge on any atom is -0.472 e. The van der Waals surface area contributed by atoms with Gasteiger partial charge in [0.2, 0.25) is 5.88 Å². The largest absolute Gasteiger partial charge is 0.472 e. The van der Waals surface area contributed by atoms with Gasteiger partial charge >= 0.3 is 0 Å².